The Balaban J connectivity index is 2.14. The van der Waals surface area contributed by atoms with E-state index in [1.165, 1.54) is 31.2 Å². The summed E-state index contributed by atoms with van der Waals surface area (Å²) in [5.74, 6) is 2.38. The molecule has 0 aromatic heterocycles. The number of benzene rings is 1. The lowest BCUT2D eigenvalue weighted by Crippen LogP contribution is -2.26. The van der Waals surface area contributed by atoms with Crippen LogP contribution in [0.15, 0.2) is 24.3 Å². The lowest BCUT2D eigenvalue weighted by Gasteiger charge is -2.32. The summed E-state index contributed by atoms with van der Waals surface area (Å²) in [7, 11) is 0. The SMILES string of the molecule is CCOc1ccccc1C(N)C1CCCC(C)C1. The third kappa shape index (κ3) is 3.05. The Kier molecular flexibility index (Phi) is 4.65. The number of para-hydroxylation sites is 1. The van der Waals surface area contributed by atoms with Gasteiger partial charge >= 0.3 is 0 Å². The Morgan fingerprint density at radius 3 is 2.83 bits per heavy atom. The van der Waals surface area contributed by atoms with E-state index in [0.717, 1.165) is 11.7 Å². The molecule has 1 aliphatic carbocycles. The molecule has 3 atom stereocenters. The number of rotatable bonds is 4. The van der Waals surface area contributed by atoms with Crippen LogP contribution in [-0.2, 0) is 0 Å². The molecule has 2 N–H and O–H groups in total. The van der Waals surface area contributed by atoms with E-state index in [4.69, 9.17) is 10.5 Å². The Morgan fingerprint density at radius 1 is 1.33 bits per heavy atom. The summed E-state index contributed by atoms with van der Waals surface area (Å²) in [6, 6.07) is 8.35. The van der Waals surface area contributed by atoms with Crippen LogP contribution < -0.4 is 10.5 Å². The number of nitrogens with two attached hydrogens (primary N) is 1. The third-order valence-electron chi connectivity index (χ3n) is 4.06. The zero-order chi connectivity index (χ0) is 13.0. The highest BCUT2D eigenvalue weighted by Gasteiger charge is 2.26. The summed E-state index contributed by atoms with van der Waals surface area (Å²) in [5, 5.41) is 0. The van der Waals surface area contributed by atoms with Gasteiger partial charge in [0.1, 0.15) is 5.75 Å². The fourth-order valence-electron chi connectivity index (χ4n) is 3.10. The number of ether oxygens (including phenoxy) is 1. The zero-order valence-corrected chi connectivity index (χ0v) is 11.6. The smallest absolute Gasteiger partial charge is 0.124 e. The van der Waals surface area contributed by atoms with E-state index in [9.17, 15) is 0 Å². The molecule has 0 heterocycles. The van der Waals surface area contributed by atoms with Gasteiger partial charge in [0.15, 0.2) is 0 Å². The summed E-state index contributed by atoms with van der Waals surface area (Å²) >= 11 is 0. The number of hydrogen-bond acceptors (Lipinski definition) is 2. The van der Waals surface area contributed by atoms with E-state index in [2.05, 4.69) is 19.1 Å². The van der Waals surface area contributed by atoms with Crippen molar-refractivity contribution in [1.29, 1.82) is 0 Å². The molecule has 3 unspecified atom stereocenters. The normalized spacial score (nSPS) is 25.7. The van der Waals surface area contributed by atoms with Crippen molar-refractivity contribution in [2.75, 3.05) is 6.61 Å². The largest absolute Gasteiger partial charge is 0.494 e. The van der Waals surface area contributed by atoms with Crippen molar-refractivity contribution < 1.29 is 4.74 Å². The first-order valence-corrected chi connectivity index (χ1v) is 7.19. The minimum Gasteiger partial charge on any atom is -0.494 e. The van der Waals surface area contributed by atoms with Gasteiger partial charge in [-0.25, -0.2) is 0 Å². The average Bonchev–Trinajstić information content (AvgIpc) is 2.39. The van der Waals surface area contributed by atoms with Gasteiger partial charge in [-0.1, -0.05) is 38.0 Å². The van der Waals surface area contributed by atoms with E-state index in [1.807, 2.05) is 19.1 Å². The zero-order valence-electron chi connectivity index (χ0n) is 11.6. The van der Waals surface area contributed by atoms with E-state index in [0.29, 0.717) is 12.5 Å². The van der Waals surface area contributed by atoms with Crippen LogP contribution in [0, 0.1) is 11.8 Å². The summed E-state index contributed by atoms with van der Waals surface area (Å²) in [6.07, 6.45) is 5.18. The van der Waals surface area contributed by atoms with E-state index in [-0.39, 0.29) is 6.04 Å². The first-order valence-electron chi connectivity index (χ1n) is 7.19. The first kappa shape index (κ1) is 13.4. The monoisotopic (exact) mass is 247 g/mol. The second-order valence-electron chi connectivity index (χ2n) is 5.53. The molecule has 0 radical (unpaired) electrons. The van der Waals surface area contributed by atoms with Crippen molar-refractivity contribution in [3.05, 3.63) is 29.8 Å². The van der Waals surface area contributed by atoms with E-state index >= 15 is 0 Å². The molecule has 1 aromatic carbocycles. The lowest BCUT2D eigenvalue weighted by atomic mass is 9.77. The maximum absolute atomic E-state index is 6.48. The van der Waals surface area contributed by atoms with Gasteiger partial charge in [-0.15, -0.1) is 0 Å². The molecule has 2 rings (SSSR count). The predicted octanol–water partition coefficient (Wildman–Crippen LogP) is 3.91. The van der Waals surface area contributed by atoms with Crippen LogP contribution in [0.2, 0.25) is 0 Å². The topological polar surface area (TPSA) is 35.2 Å². The van der Waals surface area contributed by atoms with Crippen molar-refractivity contribution in [3.63, 3.8) is 0 Å². The van der Waals surface area contributed by atoms with Gasteiger partial charge in [-0.05, 0) is 37.7 Å². The van der Waals surface area contributed by atoms with Crippen molar-refractivity contribution >= 4 is 0 Å². The molecule has 0 aliphatic heterocycles. The molecule has 0 amide bonds. The molecule has 2 heteroatoms. The first-order chi connectivity index (χ1) is 8.72. The van der Waals surface area contributed by atoms with Gasteiger partial charge in [0.2, 0.25) is 0 Å². The molecule has 100 valence electrons. The van der Waals surface area contributed by atoms with Crippen LogP contribution in [0.5, 0.6) is 5.75 Å². The van der Waals surface area contributed by atoms with Crippen LogP contribution in [0.25, 0.3) is 0 Å². The second-order valence-corrected chi connectivity index (χ2v) is 5.53. The fraction of sp³-hybridized carbons (Fsp3) is 0.625. The molecule has 1 aromatic rings. The molecule has 1 saturated carbocycles. The van der Waals surface area contributed by atoms with Gasteiger partial charge < -0.3 is 10.5 Å². The second kappa shape index (κ2) is 6.24. The predicted molar refractivity (Wildman–Crippen MR) is 75.7 cm³/mol. The lowest BCUT2D eigenvalue weighted by molar-refractivity contribution is 0.243. The quantitative estimate of drug-likeness (QED) is 0.875. The maximum atomic E-state index is 6.48. The average molecular weight is 247 g/mol. The molecule has 1 fully saturated rings. The molecule has 0 saturated heterocycles. The Morgan fingerprint density at radius 2 is 2.11 bits per heavy atom. The van der Waals surface area contributed by atoms with Crippen LogP contribution >= 0.6 is 0 Å². The van der Waals surface area contributed by atoms with Crippen molar-refractivity contribution in [2.45, 2.75) is 45.6 Å². The highest BCUT2D eigenvalue weighted by atomic mass is 16.5. The maximum Gasteiger partial charge on any atom is 0.124 e. The molecule has 1 aliphatic rings. The Bertz CT molecular complexity index is 377. The third-order valence-corrected chi connectivity index (χ3v) is 4.06. The minimum absolute atomic E-state index is 0.121. The van der Waals surface area contributed by atoms with Crippen LogP contribution in [0.1, 0.15) is 51.1 Å². The molecular weight excluding hydrogens is 222 g/mol. The summed E-state index contributed by atoms with van der Waals surface area (Å²) in [4.78, 5) is 0. The van der Waals surface area contributed by atoms with Gasteiger partial charge in [0.05, 0.1) is 6.61 Å². The summed E-state index contributed by atoms with van der Waals surface area (Å²) in [5.41, 5.74) is 7.66. The standard InChI is InChI=1S/C16H25NO/c1-3-18-15-10-5-4-9-14(15)16(17)13-8-6-7-12(2)11-13/h4-5,9-10,12-13,16H,3,6-8,11,17H2,1-2H3. The minimum atomic E-state index is 0.121. The Labute approximate surface area is 111 Å². The molecule has 2 nitrogen and oxygen atoms in total. The summed E-state index contributed by atoms with van der Waals surface area (Å²) in [6.45, 7) is 5.06. The molecule has 18 heavy (non-hydrogen) atoms. The highest BCUT2D eigenvalue weighted by Crippen LogP contribution is 2.38. The van der Waals surface area contributed by atoms with E-state index in [1.54, 1.807) is 0 Å². The Hall–Kier alpha value is -1.02. The van der Waals surface area contributed by atoms with Crippen LogP contribution in [0.3, 0.4) is 0 Å². The number of hydrogen-bond donors (Lipinski definition) is 1. The highest BCUT2D eigenvalue weighted by molar-refractivity contribution is 5.36. The van der Waals surface area contributed by atoms with Crippen molar-refractivity contribution in [1.82, 2.24) is 0 Å². The van der Waals surface area contributed by atoms with Gasteiger partial charge in [0, 0.05) is 11.6 Å². The van der Waals surface area contributed by atoms with Crippen LogP contribution in [0.4, 0.5) is 0 Å². The van der Waals surface area contributed by atoms with Gasteiger partial charge in [0.25, 0.3) is 0 Å². The van der Waals surface area contributed by atoms with Gasteiger partial charge in [-0.2, -0.15) is 0 Å². The molecule has 0 bridgehead atoms. The van der Waals surface area contributed by atoms with Crippen LogP contribution in [-0.4, -0.2) is 6.61 Å². The fourth-order valence-corrected chi connectivity index (χ4v) is 3.10. The van der Waals surface area contributed by atoms with Crippen molar-refractivity contribution in [2.24, 2.45) is 17.6 Å². The van der Waals surface area contributed by atoms with E-state index < -0.39 is 0 Å². The molecular formula is C16H25NO. The summed E-state index contributed by atoms with van der Waals surface area (Å²) < 4.78 is 5.70. The van der Waals surface area contributed by atoms with Gasteiger partial charge in [-0.3, -0.25) is 0 Å². The van der Waals surface area contributed by atoms with Crippen molar-refractivity contribution in [3.8, 4) is 5.75 Å². The molecule has 0 spiro atoms.